The Morgan fingerprint density at radius 2 is 2.10 bits per heavy atom. The molecule has 1 aromatic heterocycles. The standard InChI is InChI=1S/C16H20N2O3/c1-3-10-17-14(4-2)16-9-8-15(21-16)12-6-5-7-13(11-12)18(19)20/h5-9,11,14,17H,3-4,10H2,1-2H3. The number of hydrogen-bond acceptors (Lipinski definition) is 4. The summed E-state index contributed by atoms with van der Waals surface area (Å²) in [4.78, 5) is 10.4. The summed E-state index contributed by atoms with van der Waals surface area (Å²) < 4.78 is 5.87. The fourth-order valence-electron chi connectivity index (χ4n) is 2.23. The van der Waals surface area contributed by atoms with Gasteiger partial charge in [-0.15, -0.1) is 0 Å². The molecular formula is C16H20N2O3. The first-order chi connectivity index (χ1) is 10.2. The summed E-state index contributed by atoms with van der Waals surface area (Å²) >= 11 is 0. The highest BCUT2D eigenvalue weighted by atomic mass is 16.6. The second-order valence-corrected chi connectivity index (χ2v) is 4.92. The molecule has 0 bridgehead atoms. The lowest BCUT2D eigenvalue weighted by Crippen LogP contribution is -2.20. The SMILES string of the molecule is CCCNC(CC)c1ccc(-c2cccc([N+](=O)[O-])c2)o1. The molecule has 2 rings (SSSR count). The molecule has 1 atom stereocenters. The topological polar surface area (TPSA) is 68.3 Å². The van der Waals surface area contributed by atoms with Crippen LogP contribution in [0.15, 0.2) is 40.8 Å². The molecule has 21 heavy (non-hydrogen) atoms. The minimum atomic E-state index is -0.398. The van der Waals surface area contributed by atoms with Crippen LogP contribution in [0.1, 0.15) is 38.5 Å². The van der Waals surface area contributed by atoms with Crippen molar-refractivity contribution < 1.29 is 9.34 Å². The van der Waals surface area contributed by atoms with Gasteiger partial charge in [0.25, 0.3) is 5.69 Å². The van der Waals surface area contributed by atoms with Gasteiger partial charge >= 0.3 is 0 Å². The summed E-state index contributed by atoms with van der Waals surface area (Å²) in [6, 6.07) is 10.5. The van der Waals surface area contributed by atoms with Gasteiger partial charge in [0.1, 0.15) is 11.5 Å². The largest absolute Gasteiger partial charge is 0.459 e. The second kappa shape index (κ2) is 7.04. The van der Waals surface area contributed by atoms with Crippen molar-refractivity contribution in [1.82, 2.24) is 5.32 Å². The maximum Gasteiger partial charge on any atom is 0.270 e. The summed E-state index contributed by atoms with van der Waals surface area (Å²) in [6.45, 7) is 5.16. The molecule has 5 nitrogen and oxygen atoms in total. The Labute approximate surface area is 124 Å². The summed E-state index contributed by atoms with van der Waals surface area (Å²) in [5.41, 5.74) is 0.794. The van der Waals surface area contributed by atoms with Gasteiger partial charge in [0.2, 0.25) is 0 Å². The third-order valence-corrected chi connectivity index (χ3v) is 3.36. The highest BCUT2D eigenvalue weighted by molar-refractivity contribution is 5.61. The van der Waals surface area contributed by atoms with Crippen LogP contribution in [-0.4, -0.2) is 11.5 Å². The maximum absolute atomic E-state index is 10.8. The van der Waals surface area contributed by atoms with Crippen molar-refractivity contribution in [1.29, 1.82) is 0 Å². The van der Waals surface area contributed by atoms with Crippen LogP contribution in [-0.2, 0) is 0 Å². The van der Waals surface area contributed by atoms with Crippen LogP contribution in [0, 0.1) is 10.1 Å². The van der Waals surface area contributed by atoms with E-state index in [9.17, 15) is 10.1 Å². The van der Waals surface area contributed by atoms with E-state index in [1.807, 2.05) is 18.2 Å². The van der Waals surface area contributed by atoms with E-state index in [2.05, 4.69) is 19.2 Å². The third-order valence-electron chi connectivity index (χ3n) is 3.36. The van der Waals surface area contributed by atoms with Crippen LogP contribution in [0.3, 0.4) is 0 Å². The van der Waals surface area contributed by atoms with Crippen LogP contribution in [0.25, 0.3) is 11.3 Å². The molecule has 2 aromatic rings. The third kappa shape index (κ3) is 3.70. The minimum Gasteiger partial charge on any atom is -0.459 e. The van der Waals surface area contributed by atoms with E-state index in [4.69, 9.17) is 4.42 Å². The normalized spacial score (nSPS) is 12.3. The fourth-order valence-corrected chi connectivity index (χ4v) is 2.23. The van der Waals surface area contributed by atoms with E-state index in [1.54, 1.807) is 6.07 Å². The first-order valence-electron chi connectivity index (χ1n) is 7.23. The van der Waals surface area contributed by atoms with Gasteiger partial charge in [0.15, 0.2) is 0 Å². The smallest absolute Gasteiger partial charge is 0.270 e. The Hall–Kier alpha value is -2.14. The summed E-state index contributed by atoms with van der Waals surface area (Å²) in [5.74, 6) is 1.53. The van der Waals surface area contributed by atoms with Crippen molar-refractivity contribution in [2.75, 3.05) is 6.54 Å². The number of rotatable bonds is 7. The Bertz CT molecular complexity index is 607. The number of hydrogen-bond donors (Lipinski definition) is 1. The molecule has 0 spiro atoms. The second-order valence-electron chi connectivity index (χ2n) is 4.92. The van der Waals surface area contributed by atoms with Crippen LogP contribution in [0.5, 0.6) is 0 Å². The molecule has 1 heterocycles. The number of non-ortho nitro benzene ring substituents is 1. The first-order valence-corrected chi connectivity index (χ1v) is 7.23. The van der Waals surface area contributed by atoms with Gasteiger partial charge in [-0.3, -0.25) is 10.1 Å². The minimum absolute atomic E-state index is 0.0709. The van der Waals surface area contributed by atoms with E-state index in [1.165, 1.54) is 12.1 Å². The Morgan fingerprint density at radius 1 is 1.29 bits per heavy atom. The van der Waals surface area contributed by atoms with E-state index in [0.29, 0.717) is 5.76 Å². The maximum atomic E-state index is 10.8. The predicted molar refractivity (Wildman–Crippen MR) is 82.1 cm³/mol. The number of furan rings is 1. The van der Waals surface area contributed by atoms with Crippen LogP contribution < -0.4 is 5.32 Å². The van der Waals surface area contributed by atoms with Crippen molar-refractivity contribution in [3.8, 4) is 11.3 Å². The average molecular weight is 288 g/mol. The van der Waals surface area contributed by atoms with Crippen molar-refractivity contribution in [2.45, 2.75) is 32.7 Å². The van der Waals surface area contributed by atoms with Crippen molar-refractivity contribution in [3.63, 3.8) is 0 Å². The lowest BCUT2D eigenvalue weighted by Gasteiger charge is -2.13. The Kier molecular flexibility index (Phi) is 5.11. The zero-order valence-electron chi connectivity index (χ0n) is 12.3. The van der Waals surface area contributed by atoms with Crippen LogP contribution >= 0.6 is 0 Å². The molecule has 112 valence electrons. The van der Waals surface area contributed by atoms with Gasteiger partial charge in [-0.2, -0.15) is 0 Å². The molecule has 1 unspecified atom stereocenters. The van der Waals surface area contributed by atoms with Gasteiger partial charge < -0.3 is 9.73 Å². The molecule has 1 N–H and O–H groups in total. The molecular weight excluding hydrogens is 268 g/mol. The molecule has 0 amide bonds. The van der Waals surface area contributed by atoms with Gasteiger partial charge in [-0.1, -0.05) is 26.0 Å². The lowest BCUT2D eigenvalue weighted by atomic mass is 10.1. The highest BCUT2D eigenvalue weighted by Crippen LogP contribution is 2.28. The molecule has 5 heteroatoms. The first kappa shape index (κ1) is 15.3. The van der Waals surface area contributed by atoms with E-state index >= 15 is 0 Å². The van der Waals surface area contributed by atoms with Gasteiger partial charge in [-0.05, 0) is 31.5 Å². The molecule has 0 aliphatic rings. The number of nitro groups is 1. The molecule has 0 saturated carbocycles. The molecule has 0 aliphatic carbocycles. The van der Waals surface area contributed by atoms with Crippen LogP contribution in [0.4, 0.5) is 5.69 Å². The summed E-state index contributed by atoms with van der Waals surface area (Å²) in [7, 11) is 0. The summed E-state index contributed by atoms with van der Waals surface area (Å²) in [5, 5.41) is 14.3. The van der Waals surface area contributed by atoms with Gasteiger partial charge in [0, 0.05) is 17.7 Å². The van der Waals surface area contributed by atoms with E-state index in [0.717, 1.165) is 30.7 Å². The van der Waals surface area contributed by atoms with Gasteiger partial charge in [0.05, 0.1) is 11.0 Å². The van der Waals surface area contributed by atoms with Gasteiger partial charge in [-0.25, -0.2) is 0 Å². The Morgan fingerprint density at radius 3 is 2.76 bits per heavy atom. The zero-order valence-corrected chi connectivity index (χ0v) is 12.3. The molecule has 0 radical (unpaired) electrons. The number of nitro benzene ring substituents is 1. The molecule has 0 saturated heterocycles. The molecule has 1 aromatic carbocycles. The lowest BCUT2D eigenvalue weighted by molar-refractivity contribution is -0.384. The summed E-state index contributed by atoms with van der Waals surface area (Å²) in [6.07, 6.45) is 2.00. The highest BCUT2D eigenvalue weighted by Gasteiger charge is 2.15. The van der Waals surface area contributed by atoms with Crippen LogP contribution in [0.2, 0.25) is 0 Å². The van der Waals surface area contributed by atoms with Crippen molar-refractivity contribution in [3.05, 3.63) is 52.3 Å². The zero-order chi connectivity index (χ0) is 15.2. The number of benzene rings is 1. The molecule has 0 aliphatic heterocycles. The van der Waals surface area contributed by atoms with Crippen molar-refractivity contribution >= 4 is 5.69 Å². The van der Waals surface area contributed by atoms with Crippen molar-refractivity contribution in [2.24, 2.45) is 0 Å². The predicted octanol–water partition coefficient (Wildman–Crippen LogP) is 4.31. The number of nitrogens with zero attached hydrogens (tertiary/aromatic N) is 1. The number of nitrogens with one attached hydrogen (secondary N) is 1. The fraction of sp³-hybridized carbons (Fsp3) is 0.375. The Balaban J connectivity index is 2.22. The quantitative estimate of drug-likeness (QED) is 0.609. The monoisotopic (exact) mass is 288 g/mol. The average Bonchev–Trinajstić information content (AvgIpc) is 2.98. The van der Waals surface area contributed by atoms with E-state index in [-0.39, 0.29) is 11.7 Å². The van der Waals surface area contributed by atoms with E-state index < -0.39 is 4.92 Å². The molecule has 0 fully saturated rings.